The fourth-order valence-electron chi connectivity index (χ4n) is 4.24. The molecular weight excluding hydrogens is 432 g/mol. The second-order valence-corrected chi connectivity index (χ2v) is 14.8. The monoisotopic (exact) mass is 468 g/mol. The van der Waals surface area contributed by atoms with Crippen LogP contribution < -0.4 is 0 Å². The van der Waals surface area contributed by atoms with Crippen LogP contribution in [0.4, 0.5) is 0 Å². The van der Waals surface area contributed by atoms with E-state index in [-0.39, 0.29) is 22.8 Å². The molecule has 2 rings (SSSR count). The van der Waals surface area contributed by atoms with Crippen molar-refractivity contribution in [3.8, 4) is 0 Å². The maximum atomic E-state index is 12.7. The van der Waals surface area contributed by atoms with E-state index in [9.17, 15) is 13.2 Å². The molecule has 5 atom stereocenters. The van der Waals surface area contributed by atoms with Gasteiger partial charge in [-0.3, -0.25) is 0 Å². The first kappa shape index (κ1) is 25.8. The molecule has 0 N–H and O–H groups in total. The van der Waals surface area contributed by atoms with E-state index in [2.05, 4.69) is 20.8 Å². The molecule has 0 bridgehead atoms. The number of hydrogen-bond donors (Lipinski definition) is 0. The lowest BCUT2D eigenvalue weighted by Crippen LogP contribution is -2.56. The van der Waals surface area contributed by atoms with Crippen molar-refractivity contribution in [2.24, 2.45) is 11.8 Å². The first-order valence-electron chi connectivity index (χ1n) is 11.0. The van der Waals surface area contributed by atoms with Crippen molar-refractivity contribution >= 4 is 24.1 Å². The van der Waals surface area contributed by atoms with Crippen LogP contribution in [0, 0.1) is 11.8 Å². The Bertz CT molecular complexity index is 842. The summed E-state index contributed by atoms with van der Waals surface area (Å²) in [7, 11) is -4.24. The minimum Gasteiger partial charge on any atom is -0.467 e. The molecule has 0 saturated carbocycles. The molecule has 31 heavy (non-hydrogen) atoms. The first-order valence-corrected chi connectivity index (χ1v) is 15.1. The predicted molar refractivity (Wildman–Crippen MR) is 124 cm³/mol. The summed E-state index contributed by atoms with van der Waals surface area (Å²) in [6.07, 6.45) is -0.0739. The summed E-state index contributed by atoms with van der Waals surface area (Å²) >= 11 is 0. The molecule has 6 nitrogen and oxygen atoms in total. The fraction of sp³-hybridized carbons (Fsp3) is 0.609. The van der Waals surface area contributed by atoms with E-state index in [4.69, 9.17) is 13.9 Å². The van der Waals surface area contributed by atoms with E-state index < -0.39 is 36.3 Å². The summed E-state index contributed by atoms with van der Waals surface area (Å²) in [5.74, 6) is -0.780. The molecule has 8 heteroatoms. The highest BCUT2D eigenvalue weighted by Gasteiger charge is 2.47. The van der Waals surface area contributed by atoms with Gasteiger partial charge in [-0.15, -0.1) is 0 Å². The maximum absolute atomic E-state index is 12.7. The Morgan fingerprint density at radius 2 is 1.65 bits per heavy atom. The Hall–Kier alpha value is -1.48. The Morgan fingerprint density at radius 3 is 2.16 bits per heavy atom. The zero-order chi connectivity index (χ0) is 23.2. The summed E-state index contributed by atoms with van der Waals surface area (Å²) in [5.41, 5.74) is 0. The molecule has 0 aliphatic carbocycles. The van der Waals surface area contributed by atoms with Crippen molar-refractivity contribution in [3.05, 3.63) is 41.8 Å². The van der Waals surface area contributed by atoms with Crippen molar-refractivity contribution in [2.75, 3.05) is 7.11 Å². The lowest BCUT2D eigenvalue weighted by atomic mass is 9.83. The summed E-state index contributed by atoms with van der Waals surface area (Å²) in [6.45, 7) is 10.4. The van der Waals surface area contributed by atoms with Crippen LogP contribution in [0.25, 0.3) is 0 Å². The van der Waals surface area contributed by atoms with Crippen molar-refractivity contribution in [2.45, 2.75) is 76.0 Å². The summed E-state index contributed by atoms with van der Waals surface area (Å²) < 4.78 is 43.2. The topological polar surface area (TPSA) is 78.9 Å². The van der Waals surface area contributed by atoms with E-state index in [1.807, 2.05) is 13.8 Å². The Kier molecular flexibility index (Phi) is 9.06. The quantitative estimate of drug-likeness (QED) is 0.390. The van der Waals surface area contributed by atoms with Gasteiger partial charge in [-0.2, -0.15) is 0 Å². The van der Waals surface area contributed by atoms with E-state index in [0.717, 1.165) is 18.1 Å². The van der Waals surface area contributed by atoms with E-state index in [1.165, 1.54) is 18.6 Å². The second-order valence-electron chi connectivity index (χ2n) is 8.28. The number of methoxy groups -OCH3 is 1. The summed E-state index contributed by atoms with van der Waals surface area (Å²) in [4.78, 5) is 12.7. The molecule has 1 saturated heterocycles. The molecule has 174 valence electrons. The third-order valence-corrected chi connectivity index (χ3v) is 12.7. The molecule has 0 spiro atoms. The molecule has 0 unspecified atom stereocenters. The van der Waals surface area contributed by atoms with Crippen LogP contribution in [-0.2, 0) is 28.5 Å². The molecule has 0 aromatic heterocycles. The van der Waals surface area contributed by atoms with Gasteiger partial charge in [0.1, 0.15) is 0 Å². The SMILES string of the molecule is CC[Si](CC)(CC)O[C@H]1[C@@H](C)[C@@H](C(=O)OC)O[C@@H](/C=C/S(=O)(=O)c2ccccc2)[C@H]1C. The molecule has 1 fully saturated rings. The normalized spacial score (nSPS) is 27.4. The number of rotatable bonds is 9. The summed E-state index contributed by atoms with van der Waals surface area (Å²) in [5, 5.41) is 1.18. The smallest absolute Gasteiger partial charge is 0.335 e. The van der Waals surface area contributed by atoms with Gasteiger partial charge in [0, 0.05) is 17.2 Å². The van der Waals surface area contributed by atoms with Gasteiger partial charge in [-0.05, 0) is 36.3 Å². The third-order valence-electron chi connectivity index (χ3n) is 6.61. The third kappa shape index (κ3) is 5.86. The lowest BCUT2D eigenvalue weighted by molar-refractivity contribution is -0.183. The largest absolute Gasteiger partial charge is 0.467 e. The van der Waals surface area contributed by atoms with Crippen LogP contribution in [-0.4, -0.2) is 48.1 Å². The van der Waals surface area contributed by atoms with Crippen LogP contribution in [0.2, 0.25) is 18.1 Å². The molecular formula is C23H36O6SSi. The highest BCUT2D eigenvalue weighted by Crippen LogP contribution is 2.37. The number of hydrogen-bond acceptors (Lipinski definition) is 6. The van der Waals surface area contributed by atoms with Gasteiger partial charge >= 0.3 is 5.97 Å². The standard InChI is InChI=1S/C23H36O6SSi/c1-7-31(8-2,9-3)29-21-17(4)20(28-22(18(21)5)23(24)27-6)15-16-30(25,26)19-13-11-10-12-14-19/h10-18,20-22H,7-9H2,1-6H3/b16-15+/t17-,18-,20+,21-,22+/m1/s1. The lowest BCUT2D eigenvalue weighted by Gasteiger charge is -2.46. The van der Waals surface area contributed by atoms with Gasteiger partial charge in [0.15, 0.2) is 24.3 Å². The number of esters is 1. The minimum absolute atomic E-state index is 0.116. The van der Waals surface area contributed by atoms with Crippen LogP contribution >= 0.6 is 0 Å². The van der Waals surface area contributed by atoms with Gasteiger partial charge in [0.2, 0.25) is 0 Å². The van der Waals surface area contributed by atoms with E-state index >= 15 is 0 Å². The maximum Gasteiger partial charge on any atom is 0.335 e. The van der Waals surface area contributed by atoms with Crippen LogP contribution in [0.1, 0.15) is 34.6 Å². The van der Waals surface area contributed by atoms with Gasteiger partial charge < -0.3 is 13.9 Å². The first-order chi connectivity index (χ1) is 14.6. The number of benzene rings is 1. The molecule has 1 heterocycles. The Morgan fingerprint density at radius 1 is 1.06 bits per heavy atom. The molecule has 1 aliphatic rings. The highest BCUT2D eigenvalue weighted by molar-refractivity contribution is 7.94. The number of carbonyl (C=O) groups is 1. The highest BCUT2D eigenvalue weighted by atomic mass is 32.2. The average Bonchev–Trinajstić information content (AvgIpc) is 2.79. The number of carbonyl (C=O) groups excluding carboxylic acids is 1. The second kappa shape index (κ2) is 10.9. The molecule has 0 amide bonds. The Labute approximate surface area is 188 Å². The average molecular weight is 469 g/mol. The van der Waals surface area contributed by atoms with Gasteiger partial charge in [0.25, 0.3) is 0 Å². The van der Waals surface area contributed by atoms with Crippen molar-refractivity contribution in [1.82, 2.24) is 0 Å². The van der Waals surface area contributed by atoms with Gasteiger partial charge in [-0.1, -0.05) is 52.8 Å². The van der Waals surface area contributed by atoms with Crippen LogP contribution in [0.15, 0.2) is 46.7 Å². The molecule has 1 aromatic carbocycles. The van der Waals surface area contributed by atoms with E-state index in [0.29, 0.717) is 0 Å². The number of sulfone groups is 1. The molecule has 0 radical (unpaired) electrons. The van der Waals surface area contributed by atoms with E-state index in [1.54, 1.807) is 30.3 Å². The van der Waals surface area contributed by atoms with Crippen LogP contribution in [0.3, 0.4) is 0 Å². The van der Waals surface area contributed by atoms with Gasteiger partial charge in [0.05, 0.1) is 24.2 Å². The molecule has 1 aliphatic heterocycles. The van der Waals surface area contributed by atoms with Crippen molar-refractivity contribution in [1.29, 1.82) is 0 Å². The van der Waals surface area contributed by atoms with Crippen molar-refractivity contribution in [3.63, 3.8) is 0 Å². The van der Waals surface area contributed by atoms with Crippen LogP contribution in [0.5, 0.6) is 0 Å². The zero-order valence-electron chi connectivity index (χ0n) is 19.4. The fourth-order valence-corrected chi connectivity index (χ4v) is 8.30. The minimum atomic E-state index is -3.62. The summed E-state index contributed by atoms with van der Waals surface area (Å²) in [6, 6.07) is 11.2. The van der Waals surface area contributed by atoms with Gasteiger partial charge in [-0.25, -0.2) is 13.2 Å². The number of ether oxygens (including phenoxy) is 2. The Balaban J connectivity index is 2.37. The molecule has 1 aromatic rings. The zero-order valence-corrected chi connectivity index (χ0v) is 21.2. The van der Waals surface area contributed by atoms with Crippen molar-refractivity contribution < 1.29 is 27.1 Å². The predicted octanol–water partition coefficient (Wildman–Crippen LogP) is 4.58.